The molecule has 6 aromatic rings. The fourth-order valence-electron chi connectivity index (χ4n) is 9.28. The number of halogens is 2. The molecule has 2 unspecified atom stereocenters. The molecule has 0 bridgehead atoms. The van der Waals surface area contributed by atoms with Crippen LogP contribution in [-0.2, 0) is 44.9 Å². The number of ketones is 2. The monoisotopic (exact) mass is 990 g/mol. The van der Waals surface area contributed by atoms with Gasteiger partial charge in [-0.1, -0.05) is 83.9 Å². The average Bonchev–Trinajstić information content (AvgIpc) is 4.21. The van der Waals surface area contributed by atoms with Crippen LogP contribution >= 0.6 is 22.7 Å². The molecule has 368 valence electrons. The van der Waals surface area contributed by atoms with Crippen molar-refractivity contribution in [2.75, 3.05) is 13.1 Å². The molecule has 0 radical (unpaired) electrons. The van der Waals surface area contributed by atoms with Gasteiger partial charge in [0.05, 0.1) is 12.1 Å². The van der Waals surface area contributed by atoms with E-state index in [1.54, 1.807) is 28.0 Å². The van der Waals surface area contributed by atoms with Crippen molar-refractivity contribution in [1.29, 1.82) is 0 Å². The quantitative estimate of drug-likeness (QED) is 0.0667. The number of carbonyl (C=O) groups excluding carboxylic acids is 4. The van der Waals surface area contributed by atoms with Crippen LogP contribution in [0.4, 0.5) is 8.78 Å². The molecule has 10 nitrogen and oxygen atoms in total. The van der Waals surface area contributed by atoms with E-state index in [1.807, 2.05) is 91.3 Å². The fraction of sp³-hybridized carbons (Fsp3) is 0.357. The zero-order valence-corrected chi connectivity index (χ0v) is 41.0. The molecule has 2 aliphatic rings. The van der Waals surface area contributed by atoms with Crippen LogP contribution in [0.1, 0.15) is 105 Å². The molecule has 0 spiro atoms. The van der Waals surface area contributed by atoms with Gasteiger partial charge in [0.15, 0.2) is 23.8 Å². The number of benzene rings is 4. The standard InChI is InChI=1S/2C28H30FNO4S/c1-18-5-2-7-21(13-18)24-9-4-12-30(24)28(34)27(33)26(32)25(31)11-10-23-16-20(17-35-23)14-19-6-3-8-22(29)15-19;1-18-4-2-5-21(14-18)24-6-3-13-30(24)28(34)27(33)26(32)25(31)12-11-23-16-20(17-35-23)15-19-7-9-22(29)10-8-19/h2-3,5-8,13,15-17,24,26-27,32-33H,4,9-12,14H2,1H3;2,4-5,7-10,14,16-17,24,26-27,32-33H,3,6,11-13,15H2,1H3/t2*24?,26-,27+/m00/s1. The van der Waals surface area contributed by atoms with Crippen LogP contribution in [-0.4, -0.2) is 91.1 Å². The summed E-state index contributed by atoms with van der Waals surface area (Å²) in [5, 5.41) is 45.9. The Morgan fingerprint density at radius 1 is 0.543 bits per heavy atom. The molecule has 4 N–H and O–H groups in total. The molecule has 8 rings (SSSR count). The summed E-state index contributed by atoms with van der Waals surface area (Å²) in [5.41, 5.74) is 8.13. The summed E-state index contributed by atoms with van der Waals surface area (Å²) in [6.07, 6.45) is -1.76. The normalized spacial score (nSPS) is 17.4. The molecular formula is C56H60F2N2O8S2. The highest BCUT2D eigenvalue weighted by atomic mass is 32.1. The van der Waals surface area contributed by atoms with Crippen LogP contribution in [0.5, 0.6) is 0 Å². The number of aryl methyl sites for hydroxylation is 4. The second kappa shape index (κ2) is 24.4. The third-order valence-corrected chi connectivity index (χ3v) is 15.1. The van der Waals surface area contributed by atoms with Gasteiger partial charge in [-0.3, -0.25) is 19.2 Å². The number of thiophene rings is 2. The molecule has 2 fully saturated rings. The maximum Gasteiger partial charge on any atom is 0.255 e. The van der Waals surface area contributed by atoms with Crippen molar-refractivity contribution >= 4 is 46.1 Å². The Morgan fingerprint density at radius 3 is 1.46 bits per heavy atom. The number of aliphatic hydroxyl groups excluding tert-OH is 4. The fourth-order valence-corrected chi connectivity index (χ4v) is 11.1. The van der Waals surface area contributed by atoms with Gasteiger partial charge in [0, 0.05) is 35.7 Å². The van der Waals surface area contributed by atoms with E-state index in [2.05, 4.69) is 0 Å². The summed E-state index contributed by atoms with van der Waals surface area (Å²) < 4.78 is 26.5. The maximum atomic E-state index is 13.4. The first-order chi connectivity index (χ1) is 33.6. The lowest BCUT2D eigenvalue weighted by molar-refractivity contribution is -0.153. The van der Waals surface area contributed by atoms with Gasteiger partial charge in [-0.15, -0.1) is 22.7 Å². The molecule has 2 amide bonds. The Morgan fingerprint density at radius 2 is 1.00 bits per heavy atom. The molecule has 2 aliphatic heterocycles. The van der Waals surface area contributed by atoms with Crippen LogP contribution in [0.15, 0.2) is 120 Å². The van der Waals surface area contributed by atoms with Gasteiger partial charge in [0.25, 0.3) is 11.8 Å². The molecule has 2 saturated heterocycles. The number of hydrogen-bond donors (Lipinski definition) is 4. The largest absolute Gasteiger partial charge is 0.382 e. The van der Waals surface area contributed by atoms with Crippen LogP contribution in [0.3, 0.4) is 0 Å². The number of amides is 2. The van der Waals surface area contributed by atoms with Crippen LogP contribution < -0.4 is 0 Å². The van der Waals surface area contributed by atoms with E-state index >= 15 is 0 Å². The van der Waals surface area contributed by atoms with Crippen LogP contribution in [0.2, 0.25) is 0 Å². The van der Waals surface area contributed by atoms with Gasteiger partial charge in [-0.2, -0.15) is 0 Å². The Kier molecular flexibility index (Phi) is 18.2. The van der Waals surface area contributed by atoms with Crippen LogP contribution in [0.25, 0.3) is 0 Å². The Hall–Kier alpha value is -5.74. The van der Waals surface area contributed by atoms with Crippen molar-refractivity contribution in [1.82, 2.24) is 9.80 Å². The molecule has 14 heteroatoms. The van der Waals surface area contributed by atoms with Crippen molar-refractivity contribution in [2.24, 2.45) is 0 Å². The smallest absolute Gasteiger partial charge is 0.255 e. The molecule has 4 heterocycles. The summed E-state index contributed by atoms with van der Waals surface area (Å²) in [6, 6.07) is 32.2. The summed E-state index contributed by atoms with van der Waals surface area (Å²) in [5.74, 6) is -2.86. The molecule has 4 aromatic carbocycles. The number of Topliss-reactive ketones (excluding diaryl/α,β-unsaturated/α-hetero) is 2. The number of rotatable bonds is 18. The third-order valence-electron chi connectivity index (χ3n) is 13.0. The average molecular weight is 991 g/mol. The van der Waals surface area contributed by atoms with Crippen molar-refractivity contribution in [3.63, 3.8) is 0 Å². The topological polar surface area (TPSA) is 156 Å². The summed E-state index contributed by atoms with van der Waals surface area (Å²) in [6.45, 7) is 4.95. The van der Waals surface area contributed by atoms with E-state index in [9.17, 15) is 48.4 Å². The predicted octanol–water partition coefficient (Wildman–Crippen LogP) is 8.75. The van der Waals surface area contributed by atoms with E-state index < -0.39 is 47.8 Å². The van der Waals surface area contributed by atoms with E-state index in [-0.39, 0.29) is 36.6 Å². The number of carbonyl (C=O) groups is 4. The highest BCUT2D eigenvalue weighted by molar-refractivity contribution is 7.10. The number of likely N-dealkylation sites (tertiary alicyclic amines) is 2. The van der Waals surface area contributed by atoms with Crippen molar-refractivity contribution in [2.45, 2.75) is 115 Å². The number of nitrogens with zero attached hydrogens (tertiary/aromatic N) is 2. The highest BCUT2D eigenvalue weighted by Crippen LogP contribution is 2.35. The second-order valence-corrected chi connectivity index (χ2v) is 20.4. The van der Waals surface area contributed by atoms with E-state index in [4.69, 9.17) is 0 Å². The van der Waals surface area contributed by atoms with Crippen molar-refractivity contribution in [3.05, 3.63) is 186 Å². The Bertz CT molecular complexity index is 2740. The summed E-state index contributed by atoms with van der Waals surface area (Å²) in [7, 11) is 0. The van der Waals surface area contributed by atoms with Gasteiger partial charge in [-0.25, -0.2) is 8.78 Å². The predicted molar refractivity (Wildman–Crippen MR) is 267 cm³/mol. The zero-order chi connectivity index (χ0) is 49.9. The van der Waals surface area contributed by atoms with Crippen LogP contribution in [0, 0.1) is 25.5 Å². The summed E-state index contributed by atoms with van der Waals surface area (Å²) >= 11 is 3.01. The van der Waals surface area contributed by atoms with Gasteiger partial charge in [0.1, 0.15) is 23.8 Å². The zero-order valence-electron chi connectivity index (χ0n) is 39.4. The molecule has 0 aliphatic carbocycles. The Labute approximate surface area is 415 Å². The molecule has 2 aromatic heterocycles. The third kappa shape index (κ3) is 13.8. The minimum absolute atomic E-state index is 0.0206. The van der Waals surface area contributed by atoms with E-state index in [1.165, 1.54) is 46.9 Å². The van der Waals surface area contributed by atoms with Crippen molar-refractivity contribution in [3.8, 4) is 0 Å². The first-order valence-corrected chi connectivity index (χ1v) is 25.5. The Balaban J connectivity index is 0.000000206. The minimum Gasteiger partial charge on any atom is -0.382 e. The first kappa shape index (κ1) is 52.1. The lowest BCUT2D eigenvalue weighted by Crippen LogP contribution is -2.47. The molecule has 70 heavy (non-hydrogen) atoms. The maximum absolute atomic E-state index is 13.4. The highest BCUT2D eigenvalue weighted by Gasteiger charge is 2.39. The minimum atomic E-state index is -1.78. The van der Waals surface area contributed by atoms with Gasteiger partial charge < -0.3 is 30.2 Å². The molecular weight excluding hydrogens is 931 g/mol. The number of hydrogen-bond acceptors (Lipinski definition) is 10. The molecule has 0 saturated carbocycles. The lowest BCUT2D eigenvalue weighted by Gasteiger charge is -2.28. The molecule has 6 atom stereocenters. The first-order valence-electron chi connectivity index (χ1n) is 23.8. The lowest BCUT2D eigenvalue weighted by atomic mass is 10.0. The van der Waals surface area contributed by atoms with E-state index in [0.29, 0.717) is 38.8 Å². The second-order valence-electron chi connectivity index (χ2n) is 18.4. The van der Waals surface area contributed by atoms with Gasteiger partial charge in [0.2, 0.25) is 0 Å². The number of aliphatic hydroxyl groups is 4. The van der Waals surface area contributed by atoms with E-state index in [0.717, 1.165) is 79.9 Å². The van der Waals surface area contributed by atoms with Gasteiger partial charge in [-0.05, 0) is 146 Å². The van der Waals surface area contributed by atoms with Gasteiger partial charge >= 0.3 is 0 Å². The SMILES string of the molecule is Cc1cccc(C2CCCN2C(=O)[C@H](O)[C@@H](O)C(=O)CCc2cc(Cc3ccc(F)cc3)cs2)c1.Cc1cccc(C2CCCN2C(=O)[C@H](O)[C@@H](O)C(=O)CCc2cc(Cc3cccc(F)c3)cs2)c1. The summed E-state index contributed by atoms with van der Waals surface area (Å²) in [4.78, 5) is 56.2. The van der Waals surface area contributed by atoms with Crippen molar-refractivity contribution < 1.29 is 48.4 Å².